The first-order chi connectivity index (χ1) is 9.09. The van der Waals surface area contributed by atoms with Crippen molar-refractivity contribution in [2.24, 2.45) is 0 Å². The van der Waals surface area contributed by atoms with Gasteiger partial charge in [-0.3, -0.25) is 4.79 Å². The summed E-state index contributed by atoms with van der Waals surface area (Å²) in [5.74, 6) is -1.18. The highest BCUT2D eigenvalue weighted by molar-refractivity contribution is 5.94. The largest absolute Gasteiger partial charge is 0.508 e. The Balaban J connectivity index is 2.13. The SMILES string of the molecule is CN(C(=O)c1ccc(O)cc1F)C1CCCNCC1. The fourth-order valence-electron chi connectivity index (χ4n) is 2.42. The smallest absolute Gasteiger partial charge is 0.256 e. The first-order valence-electron chi connectivity index (χ1n) is 6.56. The second-order valence-corrected chi connectivity index (χ2v) is 4.91. The van der Waals surface area contributed by atoms with Crippen molar-refractivity contribution in [1.82, 2.24) is 10.2 Å². The molecule has 2 N–H and O–H groups in total. The zero-order chi connectivity index (χ0) is 13.8. The van der Waals surface area contributed by atoms with Crippen LogP contribution in [0.5, 0.6) is 5.75 Å². The Morgan fingerprint density at radius 1 is 1.42 bits per heavy atom. The molecule has 0 bridgehead atoms. The number of benzene rings is 1. The molecule has 1 heterocycles. The summed E-state index contributed by atoms with van der Waals surface area (Å²) in [4.78, 5) is 13.9. The zero-order valence-electron chi connectivity index (χ0n) is 11.0. The van der Waals surface area contributed by atoms with Crippen LogP contribution in [-0.4, -0.2) is 42.1 Å². The molecule has 1 saturated heterocycles. The number of aromatic hydroxyl groups is 1. The average molecular weight is 266 g/mol. The molecule has 104 valence electrons. The molecule has 1 atom stereocenters. The quantitative estimate of drug-likeness (QED) is 0.857. The number of nitrogens with one attached hydrogen (secondary N) is 1. The predicted octanol–water partition coefficient (Wildman–Crippen LogP) is 1.75. The number of carbonyl (C=O) groups excluding carboxylic acids is 1. The van der Waals surface area contributed by atoms with Crippen LogP contribution in [0.2, 0.25) is 0 Å². The standard InChI is InChI=1S/C14H19FN2O2/c1-17(10-3-2-7-16-8-6-10)14(19)12-5-4-11(18)9-13(12)15/h4-5,9-10,16,18H,2-3,6-8H2,1H3. The number of phenols is 1. The van der Waals surface area contributed by atoms with E-state index in [0.717, 1.165) is 38.4 Å². The van der Waals surface area contributed by atoms with Crippen LogP contribution in [0.4, 0.5) is 4.39 Å². The minimum absolute atomic E-state index is 0.0116. The molecule has 0 aliphatic carbocycles. The van der Waals surface area contributed by atoms with Crippen molar-refractivity contribution in [3.8, 4) is 5.75 Å². The van der Waals surface area contributed by atoms with E-state index in [9.17, 15) is 14.3 Å². The van der Waals surface area contributed by atoms with E-state index < -0.39 is 5.82 Å². The van der Waals surface area contributed by atoms with E-state index in [1.54, 1.807) is 11.9 Å². The van der Waals surface area contributed by atoms with Crippen LogP contribution < -0.4 is 5.32 Å². The summed E-state index contributed by atoms with van der Waals surface area (Å²) in [6.45, 7) is 1.84. The van der Waals surface area contributed by atoms with Gasteiger partial charge in [0.05, 0.1) is 5.56 Å². The lowest BCUT2D eigenvalue weighted by molar-refractivity contribution is 0.0715. The van der Waals surface area contributed by atoms with Crippen LogP contribution in [-0.2, 0) is 0 Å². The molecule has 1 amide bonds. The third-order valence-electron chi connectivity index (χ3n) is 3.60. The van der Waals surface area contributed by atoms with Gasteiger partial charge < -0.3 is 15.3 Å². The second kappa shape index (κ2) is 6.02. The first kappa shape index (κ1) is 13.8. The summed E-state index contributed by atoms with van der Waals surface area (Å²) in [7, 11) is 1.71. The zero-order valence-corrected chi connectivity index (χ0v) is 11.0. The van der Waals surface area contributed by atoms with Crippen molar-refractivity contribution in [3.05, 3.63) is 29.6 Å². The highest BCUT2D eigenvalue weighted by Crippen LogP contribution is 2.19. The maximum absolute atomic E-state index is 13.7. The third kappa shape index (κ3) is 3.23. The fourth-order valence-corrected chi connectivity index (χ4v) is 2.42. The minimum Gasteiger partial charge on any atom is -0.508 e. The van der Waals surface area contributed by atoms with E-state index in [2.05, 4.69) is 5.32 Å². The molecule has 1 aromatic rings. The number of amides is 1. The molecule has 5 heteroatoms. The van der Waals surface area contributed by atoms with Gasteiger partial charge in [-0.2, -0.15) is 0 Å². The van der Waals surface area contributed by atoms with Gasteiger partial charge in [-0.05, 0) is 44.5 Å². The number of hydrogen-bond acceptors (Lipinski definition) is 3. The van der Waals surface area contributed by atoms with Gasteiger partial charge in [-0.25, -0.2) is 4.39 Å². The Bertz CT molecular complexity index is 457. The van der Waals surface area contributed by atoms with Crippen molar-refractivity contribution in [3.63, 3.8) is 0 Å². The summed E-state index contributed by atoms with van der Waals surface area (Å²) >= 11 is 0. The van der Waals surface area contributed by atoms with Crippen molar-refractivity contribution < 1.29 is 14.3 Å². The van der Waals surface area contributed by atoms with Crippen LogP contribution in [0.1, 0.15) is 29.6 Å². The van der Waals surface area contributed by atoms with Gasteiger partial charge in [0, 0.05) is 19.2 Å². The van der Waals surface area contributed by atoms with Crippen LogP contribution in [0.15, 0.2) is 18.2 Å². The average Bonchev–Trinajstić information content (AvgIpc) is 2.66. The molecule has 1 aliphatic rings. The van der Waals surface area contributed by atoms with Crippen molar-refractivity contribution in [2.45, 2.75) is 25.3 Å². The third-order valence-corrected chi connectivity index (χ3v) is 3.60. The number of rotatable bonds is 2. The molecular formula is C14H19FN2O2. The molecular weight excluding hydrogens is 247 g/mol. The molecule has 19 heavy (non-hydrogen) atoms. The van der Waals surface area contributed by atoms with Crippen molar-refractivity contribution >= 4 is 5.91 Å². The second-order valence-electron chi connectivity index (χ2n) is 4.91. The summed E-state index contributed by atoms with van der Waals surface area (Å²) in [5, 5.41) is 12.5. The summed E-state index contributed by atoms with van der Waals surface area (Å²) in [6, 6.07) is 3.77. The van der Waals surface area contributed by atoms with Gasteiger partial charge in [0.15, 0.2) is 0 Å². The molecule has 0 radical (unpaired) electrons. The lowest BCUT2D eigenvalue weighted by atomic mass is 10.1. The van der Waals surface area contributed by atoms with Gasteiger partial charge in [0.25, 0.3) is 5.91 Å². The topological polar surface area (TPSA) is 52.6 Å². The van der Waals surface area contributed by atoms with Crippen molar-refractivity contribution in [1.29, 1.82) is 0 Å². The monoisotopic (exact) mass is 266 g/mol. The molecule has 1 aromatic carbocycles. The molecule has 1 unspecified atom stereocenters. The Kier molecular flexibility index (Phi) is 4.37. The Labute approximate surface area is 112 Å². The molecule has 0 aromatic heterocycles. The molecule has 4 nitrogen and oxygen atoms in total. The van der Waals surface area contributed by atoms with Crippen LogP contribution in [0.25, 0.3) is 0 Å². The van der Waals surface area contributed by atoms with E-state index in [1.165, 1.54) is 12.1 Å². The van der Waals surface area contributed by atoms with Gasteiger partial charge >= 0.3 is 0 Å². The molecule has 1 fully saturated rings. The Morgan fingerprint density at radius 3 is 2.95 bits per heavy atom. The molecule has 2 rings (SSSR count). The van der Waals surface area contributed by atoms with E-state index in [4.69, 9.17) is 0 Å². The summed E-state index contributed by atoms with van der Waals surface area (Å²) in [6.07, 6.45) is 2.82. The predicted molar refractivity (Wildman–Crippen MR) is 70.7 cm³/mol. The maximum Gasteiger partial charge on any atom is 0.256 e. The Morgan fingerprint density at radius 2 is 2.21 bits per heavy atom. The highest BCUT2D eigenvalue weighted by atomic mass is 19.1. The van der Waals surface area contributed by atoms with E-state index in [-0.39, 0.29) is 23.3 Å². The van der Waals surface area contributed by atoms with Crippen LogP contribution in [0, 0.1) is 5.82 Å². The normalized spacial score (nSPS) is 19.8. The van der Waals surface area contributed by atoms with E-state index >= 15 is 0 Å². The number of hydrogen-bond donors (Lipinski definition) is 2. The fraction of sp³-hybridized carbons (Fsp3) is 0.500. The minimum atomic E-state index is -0.677. The molecule has 1 aliphatic heterocycles. The first-order valence-corrected chi connectivity index (χ1v) is 6.56. The van der Waals surface area contributed by atoms with Crippen molar-refractivity contribution in [2.75, 3.05) is 20.1 Å². The van der Waals surface area contributed by atoms with Gasteiger partial charge in [0.2, 0.25) is 0 Å². The maximum atomic E-state index is 13.7. The molecule has 0 saturated carbocycles. The summed E-state index contributed by atoms with van der Waals surface area (Å²) in [5.41, 5.74) is 0.0116. The number of phenolic OH excluding ortho intramolecular Hbond substituents is 1. The van der Waals surface area contributed by atoms with E-state index in [0.29, 0.717) is 0 Å². The number of nitrogens with zero attached hydrogens (tertiary/aromatic N) is 1. The van der Waals surface area contributed by atoms with Crippen LogP contribution >= 0.6 is 0 Å². The lowest BCUT2D eigenvalue weighted by Gasteiger charge is -2.27. The highest BCUT2D eigenvalue weighted by Gasteiger charge is 2.24. The van der Waals surface area contributed by atoms with Gasteiger partial charge in [-0.1, -0.05) is 0 Å². The Hall–Kier alpha value is -1.62. The number of halogens is 1. The lowest BCUT2D eigenvalue weighted by Crippen LogP contribution is -2.38. The molecule has 0 spiro atoms. The van der Waals surface area contributed by atoms with Gasteiger partial charge in [-0.15, -0.1) is 0 Å². The van der Waals surface area contributed by atoms with Crippen LogP contribution in [0.3, 0.4) is 0 Å². The summed E-state index contributed by atoms with van der Waals surface area (Å²) < 4.78 is 13.7. The van der Waals surface area contributed by atoms with Gasteiger partial charge in [0.1, 0.15) is 11.6 Å². The van der Waals surface area contributed by atoms with E-state index in [1.807, 2.05) is 0 Å². The number of carbonyl (C=O) groups is 1.